The Labute approximate surface area is 166 Å². The fourth-order valence-electron chi connectivity index (χ4n) is 1.57. The average molecular weight is 669 g/mol. The van der Waals surface area contributed by atoms with Gasteiger partial charge in [-0.3, -0.25) is 4.79 Å². The van der Waals surface area contributed by atoms with Gasteiger partial charge in [-0.25, -0.2) is 0 Å². The van der Waals surface area contributed by atoms with E-state index in [-0.39, 0.29) is 12.4 Å². The minimum absolute atomic E-state index is 0.0369. The molecule has 0 saturated carbocycles. The minimum atomic E-state index is -0.0392. The molecule has 2 nitrogen and oxygen atoms in total. The number of halogens is 4. The Hall–Kier alpha value is 0.580. The van der Waals surface area contributed by atoms with Gasteiger partial charge in [-0.15, -0.1) is 0 Å². The molecule has 0 heterocycles. The molecule has 0 atom stereocenters. The summed E-state index contributed by atoms with van der Waals surface area (Å²) in [5.74, 6) is 0.731. The van der Waals surface area contributed by atoms with E-state index in [1.807, 2.05) is 30.3 Å². The van der Waals surface area contributed by atoms with E-state index in [1.165, 1.54) is 0 Å². The maximum Gasteiger partial charge on any atom is 0.201 e. The van der Waals surface area contributed by atoms with Crippen molar-refractivity contribution < 1.29 is 9.53 Å². The topological polar surface area (TPSA) is 26.3 Å². The second-order valence-corrected chi connectivity index (χ2v) is 8.31. The van der Waals surface area contributed by atoms with E-state index in [9.17, 15) is 4.79 Å². The van der Waals surface area contributed by atoms with E-state index in [1.54, 1.807) is 6.07 Å². The molecule has 6 heteroatoms. The second-order valence-electron chi connectivity index (χ2n) is 3.89. The normalized spacial score (nSPS) is 10.4. The molecule has 0 aliphatic heterocycles. The van der Waals surface area contributed by atoms with Gasteiger partial charge in [0.15, 0.2) is 6.61 Å². The summed E-state index contributed by atoms with van der Waals surface area (Å²) in [5, 5.41) is 0. The van der Waals surface area contributed by atoms with Crippen molar-refractivity contribution in [3.05, 3.63) is 57.1 Å². The molecule has 0 N–H and O–H groups in total. The predicted octanol–water partition coefficient (Wildman–Crippen LogP) is 5.52. The number of ether oxygens (including phenoxy) is 1. The maximum atomic E-state index is 12.2. The number of hydrogen-bond donors (Lipinski definition) is 0. The van der Waals surface area contributed by atoms with Gasteiger partial charge in [-0.1, -0.05) is 34.1 Å². The van der Waals surface area contributed by atoms with Crippen LogP contribution in [0, 0.1) is 10.7 Å². The summed E-state index contributed by atoms with van der Waals surface area (Å²) in [6.45, 7) is 0.0369. The smallest absolute Gasteiger partial charge is 0.201 e. The number of rotatable bonds is 4. The van der Waals surface area contributed by atoms with Gasteiger partial charge in [0.1, 0.15) is 5.75 Å². The van der Waals surface area contributed by atoms with E-state index in [2.05, 4.69) is 83.7 Å². The zero-order chi connectivity index (χ0) is 14.7. The standard InChI is InChI=1S/C14H8BrI3O2/c15-10-4-2-1-3-9(10)13(19)7-20-14-11(17)5-8(16)6-12(14)18/h1-6H,7H2. The molecule has 0 amide bonds. The van der Waals surface area contributed by atoms with Crippen molar-refractivity contribution >= 4 is 89.5 Å². The first-order valence-electron chi connectivity index (χ1n) is 5.54. The highest BCUT2D eigenvalue weighted by Gasteiger charge is 2.13. The van der Waals surface area contributed by atoms with Crippen molar-refractivity contribution in [2.24, 2.45) is 0 Å². The molecule has 0 saturated heterocycles. The Morgan fingerprint density at radius 2 is 1.70 bits per heavy atom. The van der Waals surface area contributed by atoms with Gasteiger partial charge < -0.3 is 4.74 Å². The first kappa shape index (κ1) is 16.9. The van der Waals surface area contributed by atoms with Crippen LogP contribution < -0.4 is 4.74 Å². The Morgan fingerprint density at radius 1 is 1.10 bits per heavy atom. The van der Waals surface area contributed by atoms with Crippen LogP contribution in [0.5, 0.6) is 5.75 Å². The van der Waals surface area contributed by atoms with Crippen molar-refractivity contribution in [1.29, 1.82) is 0 Å². The Morgan fingerprint density at radius 3 is 2.30 bits per heavy atom. The lowest BCUT2D eigenvalue weighted by atomic mass is 10.1. The van der Waals surface area contributed by atoms with Crippen LogP contribution in [0.25, 0.3) is 0 Å². The number of ketones is 1. The zero-order valence-electron chi connectivity index (χ0n) is 10.00. The predicted molar refractivity (Wildman–Crippen MR) is 109 cm³/mol. The van der Waals surface area contributed by atoms with E-state index in [0.29, 0.717) is 5.56 Å². The molecule has 2 aromatic carbocycles. The third kappa shape index (κ3) is 4.29. The molecular formula is C14H8BrI3O2. The molecule has 2 aromatic rings. The molecule has 2 rings (SSSR count). The van der Waals surface area contributed by atoms with Crippen molar-refractivity contribution in [3.63, 3.8) is 0 Å². The molecule has 0 aromatic heterocycles. The summed E-state index contributed by atoms with van der Waals surface area (Å²) in [6, 6.07) is 11.4. The fourth-order valence-corrected chi connectivity index (χ4v) is 5.97. The molecule has 0 fully saturated rings. The number of hydrogen-bond acceptors (Lipinski definition) is 2. The van der Waals surface area contributed by atoms with Crippen molar-refractivity contribution in [3.8, 4) is 5.75 Å². The van der Waals surface area contributed by atoms with Gasteiger partial charge in [0.25, 0.3) is 0 Å². The van der Waals surface area contributed by atoms with E-state index in [4.69, 9.17) is 4.74 Å². The van der Waals surface area contributed by atoms with Gasteiger partial charge >= 0.3 is 0 Å². The molecule has 0 spiro atoms. The Kier molecular flexibility index (Phi) is 6.54. The third-order valence-electron chi connectivity index (χ3n) is 2.48. The highest BCUT2D eigenvalue weighted by atomic mass is 127. The van der Waals surface area contributed by atoms with Gasteiger partial charge in [-0.05, 0) is 86.0 Å². The van der Waals surface area contributed by atoms with Crippen LogP contribution in [0.4, 0.5) is 0 Å². The molecule has 0 unspecified atom stereocenters. The Bertz CT molecular complexity index is 636. The summed E-state index contributed by atoms with van der Waals surface area (Å²) in [6.07, 6.45) is 0. The van der Waals surface area contributed by atoms with Gasteiger partial charge in [-0.2, -0.15) is 0 Å². The first-order valence-corrected chi connectivity index (χ1v) is 9.57. The van der Waals surface area contributed by atoms with Crippen LogP contribution in [0.1, 0.15) is 10.4 Å². The number of Topliss-reactive ketones (excluding diaryl/α,β-unsaturated/α-hetero) is 1. The molecule has 0 radical (unpaired) electrons. The largest absolute Gasteiger partial charge is 0.483 e. The first-order chi connectivity index (χ1) is 9.49. The van der Waals surface area contributed by atoms with Crippen LogP contribution in [0.2, 0.25) is 0 Å². The molecule has 0 aliphatic carbocycles. The van der Waals surface area contributed by atoms with Gasteiger partial charge in [0, 0.05) is 13.6 Å². The zero-order valence-corrected chi connectivity index (χ0v) is 18.1. The highest BCUT2D eigenvalue weighted by molar-refractivity contribution is 14.1. The molecule has 0 aliphatic rings. The van der Waals surface area contributed by atoms with Crippen molar-refractivity contribution in [1.82, 2.24) is 0 Å². The van der Waals surface area contributed by atoms with Crippen LogP contribution in [-0.2, 0) is 0 Å². The summed E-state index contributed by atoms with van der Waals surface area (Å²) in [4.78, 5) is 12.2. The molecule has 104 valence electrons. The Balaban J connectivity index is 2.14. The number of benzene rings is 2. The summed E-state index contributed by atoms with van der Waals surface area (Å²) < 4.78 is 9.68. The maximum absolute atomic E-state index is 12.2. The SMILES string of the molecule is O=C(COc1c(I)cc(I)cc1I)c1ccccc1Br. The van der Waals surface area contributed by atoms with E-state index < -0.39 is 0 Å². The third-order valence-corrected chi connectivity index (χ3v) is 5.40. The lowest BCUT2D eigenvalue weighted by Crippen LogP contribution is -2.13. The van der Waals surface area contributed by atoms with Crippen LogP contribution in [0.15, 0.2) is 40.9 Å². The van der Waals surface area contributed by atoms with Crippen LogP contribution in [0.3, 0.4) is 0 Å². The lowest BCUT2D eigenvalue weighted by Gasteiger charge is -2.11. The van der Waals surface area contributed by atoms with E-state index in [0.717, 1.165) is 20.9 Å². The summed E-state index contributed by atoms with van der Waals surface area (Å²) in [7, 11) is 0. The summed E-state index contributed by atoms with van der Waals surface area (Å²) in [5.41, 5.74) is 0.642. The average Bonchev–Trinajstić information content (AvgIpc) is 2.37. The number of carbonyl (C=O) groups excluding carboxylic acids is 1. The van der Waals surface area contributed by atoms with Crippen LogP contribution >= 0.6 is 83.7 Å². The molecular weight excluding hydrogens is 661 g/mol. The number of carbonyl (C=O) groups is 1. The monoisotopic (exact) mass is 668 g/mol. The van der Waals surface area contributed by atoms with Gasteiger partial charge in [0.2, 0.25) is 5.78 Å². The lowest BCUT2D eigenvalue weighted by molar-refractivity contribution is 0.0919. The van der Waals surface area contributed by atoms with Crippen molar-refractivity contribution in [2.75, 3.05) is 6.61 Å². The van der Waals surface area contributed by atoms with Crippen LogP contribution in [-0.4, -0.2) is 12.4 Å². The highest BCUT2D eigenvalue weighted by Crippen LogP contribution is 2.29. The van der Waals surface area contributed by atoms with Crippen molar-refractivity contribution in [2.45, 2.75) is 0 Å². The van der Waals surface area contributed by atoms with E-state index >= 15 is 0 Å². The fraction of sp³-hybridized carbons (Fsp3) is 0.0714. The molecule has 20 heavy (non-hydrogen) atoms. The quantitative estimate of drug-likeness (QED) is 0.317. The summed E-state index contributed by atoms with van der Waals surface area (Å²) >= 11 is 10.1. The second kappa shape index (κ2) is 7.73. The molecule has 0 bridgehead atoms. The van der Waals surface area contributed by atoms with Gasteiger partial charge in [0.05, 0.1) is 7.14 Å². The minimum Gasteiger partial charge on any atom is -0.483 e.